The maximum Gasteiger partial charge on any atom is 0.328 e. The molecule has 1 aromatic carbocycles. The highest BCUT2D eigenvalue weighted by Crippen LogP contribution is 2.28. The van der Waals surface area contributed by atoms with Crippen LogP contribution in [0.2, 0.25) is 0 Å². The van der Waals surface area contributed by atoms with Crippen molar-refractivity contribution in [2.45, 2.75) is 20.8 Å². The topological polar surface area (TPSA) is 70.7 Å². The van der Waals surface area contributed by atoms with Crippen LogP contribution < -0.4 is 16.0 Å². The van der Waals surface area contributed by atoms with Crippen molar-refractivity contribution in [1.29, 1.82) is 0 Å². The number of hydrogen-bond donors (Lipinski definition) is 2. The van der Waals surface area contributed by atoms with Gasteiger partial charge in [-0.05, 0) is 40.4 Å². The van der Waals surface area contributed by atoms with Gasteiger partial charge in [0, 0.05) is 18.1 Å². The average Bonchev–Trinajstić information content (AvgIpc) is 2.35. The smallest absolute Gasteiger partial charge is 0.328 e. The van der Waals surface area contributed by atoms with E-state index in [1.807, 2.05) is 39.0 Å². The van der Waals surface area contributed by atoms with Gasteiger partial charge in [0.15, 0.2) is 5.96 Å². The van der Waals surface area contributed by atoms with Gasteiger partial charge in [0.2, 0.25) is 0 Å². The zero-order chi connectivity index (χ0) is 15.3. The van der Waals surface area contributed by atoms with Crippen molar-refractivity contribution in [3.05, 3.63) is 28.2 Å². The Morgan fingerprint density at radius 1 is 1.50 bits per heavy atom. The number of anilines is 1. The van der Waals surface area contributed by atoms with E-state index in [1.54, 1.807) is 7.05 Å². The largest absolute Gasteiger partial charge is 0.370 e. The molecule has 0 fully saturated rings. The fourth-order valence-corrected chi connectivity index (χ4v) is 2.39. The first-order valence-electron chi connectivity index (χ1n) is 6.42. The van der Waals surface area contributed by atoms with Gasteiger partial charge in [0.25, 0.3) is 0 Å². The molecule has 1 aromatic rings. The summed E-state index contributed by atoms with van der Waals surface area (Å²) in [5, 5.41) is 2.58. The molecular weight excluding hydrogens is 320 g/mol. The van der Waals surface area contributed by atoms with Crippen LogP contribution >= 0.6 is 15.9 Å². The summed E-state index contributed by atoms with van der Waals surface area (Å²) in [6.07, 6.45) is 0. The summed E-state index contributed by atoms with van der Waals surface area (Å²) in [6.45, 7) is 6.61. The van der Waals surface area contributed by atoms with Crippen molar-refractivity contribution in [1.82, 2.24) is 5.32 Å². The molecule has 110 valence electrons. The molecule has 20 heavy (non-hydrogen) atoms. The maximum absolute atomic E-state index is 12.1. The summed E-state index contributed by atoms with van der Waals surface area (Å²) in [6, 6.07) is 5.44. The minimum absolute atomic E-state index is 0.139. The number of nitrogens with zero attached hydrogens (tertiary/aromatic N) is 2. The predicted octanol–water partition coefficient (Wildman–Crippen LogP) is 2.87. The minimum Gasteiger partial charge on any atom is -0.370 e. The molecule has 0 aromatic heterocycles. The average molecular weight is 341 g/mol. The van der Waals surface area contributed by atoms with Gasteiger partial charge >= 0.3 is 6.03 Å². The van der Waals surface area contributed by atoms with E-state index in [0.29, 0.717) is 12.5 Å². The number of benzene rings is 1. The maximum atomic E-state index is 12.1. The molecule has 2 amide bonds. The fraction of sp³-hybridized carbons (Fsp3) is 0.429. The Morgan fingerprint density at radius 3 is 2.70 bits per heavy atom. The van der Waals surface area contributed by atoms with Crippen molar-refractivity contribution in [2.24, 2.45) is 16.6 Å². The molecule has 0 aliphatic heterocycles. The molecule has 0 aliphatic rings. The molecule has 1 rings (SSSR count). The predicted molar refractivity (Wildman–Crippen MR) is 87.1 cm³/mol. The summed E-state index contributed by atoms with van der Waals surface area (Å²) in [5.41, 5.74) is 7.50. The monoisotopic (exact) mass is 340 g/mol. The van der Waals surface area contributed by atoms with E-state index in [-0.39, 0.29) is 12.0 Å². The third-order valence-electron chi connectivity index (χ3n) is 2.69. The van der Waals surface area contributed by atoms with E-state index in [9.17, 15) is 4.79 Å². The molecule has 0 unspecified atom stereocenters. The van der Waals surface area contributed by atoms with Gasteiger partial charge in [-0.15, -0.1) is 0 Å². The number of nitrogens with two attached hydrogens (primary N) is 1. The number of urea groups is 1. The number of guanidine groups is 1. The number of rotatable bonds is 3. The van der Waals surface area contributed by atoms with E-state index >= 15 is 0 Å². The van der Waals surface area contributed by atoms with E-state index in [2.05, 4.69) is 26.2 Å². The lowest BCUT2D eigenvalue weighted by atomic mass is 10.2. The normalized spacial score (nSPS) is 11.6. The number of aliphatic imine (C=N–C) groups is 1. The third kappa shape index (κ3) is 4.52. The van der Waals surface area contributed by atoms with Crippen LogP contribution in [0.15, 0.2) is 27.7 Å². The van der Waals surface area contributed by atoms with Crippen LogP contribution in [-0.4, -0.2) is 25.6 Å². The van der Waals surface area contributed by atoms with E-state index < -0.39 is 0 Å². The van der Waals surface area contributed by atoms with Crippen LogP contribution in [0.1, 0.15) is 19.4 Å². The Bertz CT molecular complexity index is 494. The molecule has 0 bridgehead atoms. The lowest BCUT2D eigenvalue weighted by Gasteiger charge is -2.21. The lowest BCUT2D eigenvalue weighted by molar-refractivity contribution is 0.251. The SMILES string of the molecule is Cc1cccc(Br)c1N(C)C(=O)NC(N)=NCC(C)C. The van der Waals surface area contributed by atoms with Crippen LogP contribution in [0, 0.1) is 12.8 Å². The number of carbonyl (C=O) groups is 1. The van der Waals surface area contributed by atoms with Crippen LogP contribution in [0.4, 0.5) is 10.5 Å². The van der Waals surface area contributed by atoms with Crippen molar-refractivity contribution in [3.8, 4) is 0 Å². The Kier molecular flexibility index (Phi) is 6.01. The van der Waals surface area contributed by atoms with Crippen molar-refractivity contribution < 1.29 is 4.79 Å². The van der Waals surface area contributed by atoms with Crippen molar-refractivity contribution >= 4 is 33.6 Å². The van der Waals surface area contributed by atoms with E-state index in [4.69, 9.17) is 5.73 Å². The van der Waals surface area contributed by atoms with Gasteiger partial charge < -0.3 is 5.73 Å². The minimum atomic E-state index is -0.315. The van der Waals surface area contributed by atoms with Gasteiger partial charge in [-0.2, -0.15) is 0 Å². The summed E-state index contributed by atoms with van der Waals surface area (Å²) in [4.78, 5) is 17.8. The molecule has 0 saturated carbocycles. The molecule has 5 nitrogen and oxygen atoms in total. The summed E-state index contributed by atoms with van der Waals surface area (Å²) in [7, 11) is 1.69. The summed E-state index contributed by atoms with van der Waals surface area (Å²) >= 11 is 3.45. The number of amides is 2. The fourth-order valence-electron chi connectivity index (χ4n) is 1.66. The number of carbonyl (C=O) groups excluding carboxylic acids is 1. The second-order valence-corrected chi connectivity index (χ2v) is 5.87. The van der Waals surface area contributed by atoms with Crippen molar-refractivity contribution in [3.63, 3.8) is 0 Å². The molecular formula is C14H21BrN4O. The number of nitrogens with one attached hydrogen (secondary N) is 1. The van der Waals surface area contributed by atoms with Gasteiger partial charge in [-0.1, -0.05) is 26.0 Å². The second-order valence-electron chi connectivity index (χ2n) is 5.01. The standard InChI is InChI=1S/C14H21BrN4O/c1-9(2)8-17-13(16)18-14(20)19(4)12-10(3)6-5-7-11(12)15/h5-7,9H,8H2,1-4H3,(H3,16,17,18,20). The van der Waals surface area contributed by atoms with E-state index in [0.717, 1.165) is 15.7 Å². The Labute approximate surface area is 128 Å². The lowest BCUT2D eigenvalue weighted by Crippen LogP contribution is -2.44. The molecule has 0 aliphatic carbocycles. The van der Waals surface area contributed by atoms with Crippen LogP contribution in [-0.2, 0) is 0 Å². The molecule has 0 heterocycles. The van der Waals surface area contributed by atoms with Gasteiger partial charge in [-0.25, -0.2) is 4.79 Å². The number of hydrogen-bond acceptors (Lipinski definition) is 2. The quantitative estimate of drug-likeness (QED) is 0.656. The number of aryl methyl sites for hydroxylation is 1. The van der Waals surface area contributed by atoms with Crippen molar-refractivity contribution in [2.75, 3.05) is 18.5 Å². The van der Waals surface area contributed by atoms with Crippen LogP contribution in [0.25, 0.3) is 0 Å². The second kappa shape index (κ2) is 7.28. The zero-order valence-electron chi connectivity index (χ0n) is 12.3. The zero-order valence-corrected chi connectivity index (χ0v) is 13.9. The first-order valence-corrected chi connectivity index (χ1v) is 7.22. The Morgan fingerprint density at radius 2 is 2.15 bits per heavy atom. The molecule has 0 atom stereocenters. The van der Waals surface area contributed by atoms with Gasteiger partial charge in [-0.3, -0.25) is 15.2 Å². The first-order chi connectivity index (χ1) is 9.32. The highest BCUT2D eigenvalue weighted by molar-refractivity contribution is 9.10. The Balaban J connectivity index is 2.80. The first kappa shape index (κ1) is 16.5. The number of para-hydroxylation sites is 1. The van der Waals surface area contributed by atoms with Gasteiger partial charge in [0.1, 0.15) is 0 Å². The molecule has 3 N–H and O–H groups in total. The summed E-state index contributed by atoms with van der Waals surface area (Å²) in [5.74, 6) is 0.536. The molecule has 0 spiro atoms. The molecule has 0 saturated heterocycles. The molecule has 0 radical (unpaired) electrons. The third-order valence-corrected chi connectivity index (χ3v) is 3.33. The highest BCUT2D eigenvalue weighted by atomic mass is 79.9. The Hall–Kier alpha value is -1.56. The molecule has 6 heteroatoms. The summed E-state index contributed by atoms with van der Waals surface area (Å²) < 4.78 is 0.854. The number of halogens is 1. The highest BCUT2D eigenvalue weighted by Gasteiger charge is 2.16. The van der Waals surface area contributed by atoms with Crippen LogP contribution in [0.3, 0.4) is 0 Å². The van der Waals surface area contributed by atoms with E-state index in [1.165, 1.54) is 4.90 Å². The van der Waals surface area contributed by atoms with Gasteiger partial charge in [0.05, 0.1) is 5.69 Å². The van der Waals surface area contributed by atoms with Crippen LogP contribution in [0.5, 0.6) is 0 Å².